The highest BCUT2D eigenvalue weighted by molar-refractivity contribution is 7.89. The van der Waals surface area contributed by atoms with Crippen LogP contribution < -0.4 is 19.5 Å². The average Bonchev–Trinajstić information content (AvgIpc) is 2.90. The fourth-order valence-corrected chi connectivity index (χ4v) is 2.75. The van der Waals surface area contributed by atoms with E-state index in [4.69, 9.17) is 14.2 Å². The van der Waals surface area contributed by atoms with Gasteiger partial charge < -0.3 is 19.5 Å². The van der Waals surface area contributed by atoms with Crippen LogP contribution in [0.2, 0.25) is 0 Å². The smallest absolute Gasteiger partial charge is 0.240 e. The third kappa shape index (κ3) is 3.83. The van der Waals surface area contributed by atoms with Crippen molar-refractivity contribution < 1.29 is 22.6 Å². The lowest BCUT2D eigenvalue weighted by molar-refractivity contribution is 0.174. The second kappa shape index (κ2) is 6.89. The summed E-state index contributed by atoms with van der Waals surface area (Å²) in [6.45, 7) is 2.24. The van der Waals surface area contributed by atoms with Gasteiger partial charge in [0.15, 0.2) is 11.5 Å². The Morgan fingerprint density at radius 2 is 2.00 bits per heavy atom. The summed E-state index contributed by atoms with van der Waals surface area (Å²) in [7, 11) is -1.92. The van der Waals surface area contributed by atoms with Gasteiger partial charge in [-0.1, -0.05) is 0 Å². The summed E-state index contributed by atoms with van der Waals surface area (Å²) < 4.78 is 41.8. The highest BCUT2D eigenvalue weighted by atomic mass is 32.2. The first-order valence-electron chi connectivity index (χ1n) is 6.22. The fraction of sp³-hybridized carbons (Fsp3) is 0.500. The number of benzene rings is 1. The summed E-state index contributed by atoms with van der Waals surface area (Å²) in [5.74, 6) is 1.01. The van der Waals surface area contributed by atoms with Crippen LogP contribution in [0.15, 0.2) is 23.1 Å². The molecule has 2 N–H and O–H groups in total. The minimum Gasteiger partial charge on any atom is -0.454 e. The molecule has 1 heterocycles. The number of hydrogen-bond acceptors (Lipinski definition) is 6. The van der Waals surface area contributed by atoms with E-state index >= 15 is 0 Å². The normalized spacial score (nSPS) is 13.7. The van der Waals surface area contributed by atoms with Crippen molar-refractivity contribution in [2.75, 3.05) is 40.1 Å². The Bertz CT molecular complexity index is 547. The van der Waals surface area contributed by atoms with Crippen LogP contribution in [0.4, 0.5) is 0 Å². The zero-order valence-corrected chi connectivity index (χ0v) is 12.0. The molecule has 0 spiro atoms. The van der Waals surface area contributed by atoms with Crippen LogP contribution in [0.1, 0.15) is 0 Å². The molecule has 0 radical (unpaired) electrons. The molecule has 0 fully saturated rings. The fourth-order valence-electron chi connectivity index (χ4n) is 1.70. The van der Waals surface area contributed by atoms with Crippen LogP contribution in [-0.4, -0.2) is 48.6 Å². The molecule has 1 aliphatic rings. The summed E-state index contributed by atoms with van der Waals surface area (Å²) in [4.78, 5) is 0.165. The van der Waals surface area contributed by atoms with Crippen molar-refractivity contribution in [1.82, 2.24) is 10.0 Å². The van der Waals surface area contributed by atoms with Gasteiger partial charge in [0.25, 0.3) is 0 Å². The molecule has 1 aromatic rings. The minimum atomic E-state index is -3.53. The molecule has 0 atom stereocenters. The molecule has 7 nitrogen and oxygen atoms in total. The topological polar surface area (TPSA) is 85.9 Å². The number of nitrogens with one attached hydrogen (secondary N) is 2. The molecule has 0 saturated heterocycles. The van der Waals surface area contributed by atoms with Crippen molar-refractivity contribution in [2.45, 2.75) is 4.90 Å². The molecule has 0 aromatic heterocycles. The molecule has 0 saturated carbocycles. The first kappa shape index (κ1) is 15.0. The lowest BCUT2D eigenvalue weighted by atomic mass is 10.3. The monoisotopic (exact) mass is 302 g/mol. The molecule has 0 bridgehead atoms. The molecule has 0 aliphatic carbocycles. The van der Waals surface area contributed by atoms with E-state index in [1.165, 1.54) is 12.1 Å². The van der Waals surface area contributed by atoms with Crippen molar-refractivity contribution in [3.05, 3.63) is 18.2 Å². The van der Waals surface area contributed by atoms with Crippen LogP contribution >= 0.6 is 0 Å². The lowest BCUT2D eigenvalue weighted by Gasteiger charge is -2.08. The largest absolute Gasteiger partial charge is 0.454 e. The van der Waals surface area contributed by atoms with Gasteiger partial charge in [0.2, 0.25) is 16.8 Å². The molecular formula is C12H18N2O5S. The number of fused-ring (bicyclic) bond motifs is 1. The zero-order valence-electron chi connectivity index (χ0n) is 11.2. The van der Waals surface area contributed by atoms with Crippen LogP contribution in [0.5, 0.6) is 11.5 Å². The predicted octanol–water partition coefficient (Wildman–Crippen LogP) is -0.0704. The van der Waals surface area contributed by atoms with Gasteiger partial charge in [-0.15, -0.1) is 0 Å². The molecule has 0 unspecified atom stereocenters. The van der Waals surface area contributed by atoms with Crippen LogP contribution in [0, 0.1) is 0 Å². The van der Waals surface area contributed by atoms with Crippen LogP contribution in [0.25, 0.3) is 0 Å². The lowest BCUT2D eigenvalue weighted by Crippen LogP contribution is -2.33. The average molecular weight is 302 g/mol. The van der Waals surface area contributed by atoms with Gasteiger partial charge >= 0.3 is 0 Å². The Labute approximate surface area is 118 Å². The minimum absolute atomic E-state index is 0.121. The van der Waals surface area contributed by atoms with E-state index in [0.717, 1.165) is 0 Å². The zero-order chi connectivity index (χ0) is 14.4. The first-order valence-corrected chi connectivity index (χ1v) is 7.71. The standard InChI is InChI=1S/C12H18N2O5S/c1-17-7-6-13-4-5-14-20(15,16)10-2-3-11-12(8-10)19-9-18-11/h2-3,8,13-14H,4-7,9H2,1H3. The highest BCUT2D eigenvalue weighted by Crippen LogP contribution is 2.33. The molecule has 0 amide bonds. The van der Waals surface area contributed by atoms with Crippen molar-refractivity contribution in [2.24, 2.45) is 0 Å². The SMILES string of the molecule is COCCNCCNS(=O)(=O)c1ccc2c(c1)OCO2. The number of sulfonamides is 1. The Balaban J connectivity index is 1.87. The third-order valence-electron chi connectivity index (χ3n) is 2.73. The second-order valence-corrected chi connectivity index (χ2v) is 5.92. The highest BCUT2D eigenvalue weighted by Gasteiger charge is 2.19. The van der Waals surface area contributed by atoms with E-state index in [2.05, 4.69) is 10.0 Å². The molecule has 1 aliphatic heterocycles. The van der Waals surface area contributed by atoms with Gasteiger partial charge in [0, 0.05) is 32.8 Å². The van der Waals surface area contributed by atoms with Gasteiger partial charge in [-0.2, -0.15) is 0 Å². The number of methoxy groups -OCH3 is 1. The molecular weight excluding hydrogens is 284 g/mol. The quantitative estimate of drug-likeness (QED) is 0.654. The van der Waals surface area contributed by atoms with Crippen molar-refractivity contribution >= 4 is 10.0 Å². The Morgan fingerprint density at radius 3 is 2.80 bits per heavy atom. The summed E-state index contributed by atoms with van der Waals surface area (Å²) in [6, 6.07) is 4.55. The van der Waals surface area contributed by atoms with Gasteiger partial charge in [-0.05, 0) is 12.1 Å². The Morgan fingerprint density at radius 1 is 1.20 bits per heavy atom. The molecule has 1 aromatic carbocycles. The van der Waals surface area contributed by atoms with Gasteiger partial charge in [0.1, 0.15) is 0 Å². The van der Waals surface area contributed by atoms with Crippen molar-refractivity contribution in [3.63, 3.8) is 0 Å². The Hall–Kier alpha value is -1.35. The summed E-state index contributed by atoms with van der Waals surface area (Å²) in [5.41, 5.74) is 0. The van der Waals surface area contributed by atoms with E-state index in [1.54, 1.807) is 13.2 Å². The second-order valence-electron chi connectivity index (χ2n) is 4.16. The van der Waals surface area contributed by atoms with E-state index < -0.39 is 10.0 Å². The Kier molecular flexibility index (Phi) is 5.18. The maximum atomic E-state index is 12.1. The van der Waals surface area contributed by atoms with Crippen LogP contribution in [-0.2, 0) is 14.8 Å². The van der Waals surface area contributed by atoms with Gasteiger partial charge in [0.05, 0.1) is 11.5 Å². The number of ether oxygens (including phenoxy) is 3. The van der Waals surface area contributed by atoms with E-state index in [-0.39, 0.29) is 11.7 Å². The molecule has 112 valence electrons. The van der Waals surface area contributed by atoms with Crippen molar-refractivity contribution in [3.8, 4) is 11.5 Å². The first-order chi connectivity index (χ1) is 9.63. The molecule has 8 heteroatoms. The van der Waals surface area contributed by atoms with Crippen LogP contribution in [0.3, 0.4) is 0 Å². The van der Waals surface area contributed by atoms with E-state index in [9.17, 15) is 8.42 Å². The number of hydrogen-bond donors (Lipinski definition) is 2. The van der Waals surface area contributed by atoms with Crippen molar-refractivity contribution in [1.29, 1.82) is 0 Å². The van der Waals surface area contributed by atoms with E-state index in [1.807, 2.05) is 0 Å². The maximum Gasteiger partial charge on any atom is 0.240 e. The van der Waals surface area contributed by atoms with E-state index in [0.29, 0.717) is 37.7 Å². The van der Waals surface area contributed by atoms with Gasteiger partial charge in [-0.3, -0.25) is 0 Å². The third-order valence-corrected chi connectivity index (χ3v) is 4.19. The maximum absolute atomic E-state index is 12.1. The van der Waals surface area contributed by atoms with Gasteiger partial charge in [-0.25, -0.2) is 13.1 Å². The summed E-state index contributed by atoms with van der Waals surface area (Å²) >= 11 is 0. The molecule has 20 heavy (non-hydrogen) atoms. The number of rotatable bonds is 8. The summed E-state index contributed by atoms with van der Waals surface area (Å²) in [5, 5.41) is 3.06. The molecule has 2 rings (SSSR count). The summed E-state index contributed by atoms with van der Waals surface area (Å²) in [6.07, 6.45) is 0. The predicted molar refractivity (Wildman–Crippen MR) is 72.5 cm³/mol.